The number of benzene rings is 2. The first-order chi connectivity index (χ1) is 22.8. The van der Waals surface area contributed by atoms with Crippen LogP contribution >= 0.6 is 36.2 Å². The molecule has 0 aromatic heterocycles. The molecular formula is C33H35N5O6S3. The molecule has 0 saturated carbocycles. The Morgan fingerprint density at radius 1 is 0.894 bits per heavy atom. The van der Waals surface area contributed by atoms with E-state index in [1.54, 1.807) is 13.1 Å². The van der Waals surface area contributed by atoms with E-state index in [9.17, 15) is 9.59 Å². The van der Waals surface area contributed by atoms with Gasteiger partial charge in [0.15, 0.2) is 5.76 Å². The molecule has 0 bridgehead atoms. The second kappa shape index (κ2) is 16.7. The van der Waals surface area contributed by atoms with Gasteiger partial charge < -0.3 is 29.5 Å². The van der Waals surface area contributed by atoms with Crippen molar-refractivity contribution in [2.75, 3.05) is 69.3 Å². The Hall–Kier alpha value is -4.05. The summed E-state index contributed by atoms with van der Waals surface area (Å²) in [5.74, 6) is -0.519. The van der Waals surface area contributed by atoms with Gasteiger partial charge in [0, 0.05) is 57.7 Å². The summed E-state index contributed by atoms with van der Waals surface area (Å²) in [4.78, 5) is 40.0. The maximum Gasteiger partial charge on any atom is 0.324 e. The fraction of sp³-hybridized carbons (Fsp3) is 0.273. The van der Waals surface area contributed by atoms with Gasteiger partial charge in [0.1, 0.15) is 10.6 Å². The zero-order valence-electron chi connectivity index (χ0n) is 25.8. The molecule has 14 heteroatoms. The van der Waals surface area contributed by atoms with E-state index in [1.807, 2.05) is 36.4 Å². The van der Waals surface area contributed by atoms with Gasteiger partial charge in [0.25, 0.3) is 5.91 Å². The Kier molecular flexibility index (Phi) is 12.2. The number of nitrogens with zero attached hydrogens (tertiary/aromatic N) is 4. The number of hydrogen-bond donors (Lipinski definition) is 1. The lowest BCUT2D eigenvalue weighted by atomic mass is 10.1. The summed E-state index contributed by atoms with van der Waals surface area (Å²) < 4.78 is 11.2. The third kappa shape index (κ3) is 9.06. The Labute approximate surface area is 288 Å². The second-order valence-electron chi connectivity index (χ2n) is 10.5. The third-order valence-corrected chi connectivity index (χ3v) is 9.14. The number of hydroxylamine groups is 2. The first-order valence-electron chi connectivity index (χ1n) is 14.9. The van der Waals surface area contributed by atoms with E-state index in [0.29, 0.717) is 9.23 Å². The second-order valence-corrected chi connectivity index (χ2v) is 12.5. The van der Waals surface area contributed by atoms with Crippen LogP contribution in [0.1, 0.15) is 11.1 Å². The van der Waals surface area contributed by atoms with E-state index in [1.165, 1.54) is 34.1 Å². The van der Waals surface area contributed by atoms with Gasteiger partial charge in [-0.05, 0) is 64.8 Å². The average Bonchev–Trinajstić information content (AvgIpc) is 3.52. The molecule has 6 rings (SSSR count). The molecule has 4 heterocycles. The monoisotopic (exact) mass is 693 g/mol. The number of rotatable bonds is 8. The molecule has 4 fully saturated rings. The van der Waals surface area contributed by atoms with Gasteiger partial charge in [-0.15, -0.1) is 0 Å². The lowest BCUT2D eigenvalue weighted by Crippen LogP contribution is -2.43. The van der Waals surface area contributed by atoms with E-state index in [-0.39, 0.29) is 16.8 Å². The van der Waals surface area contributed by atoms with Gasteiger partial charge in [0.2, 0.25) is 0 Å². The number of morpholine rings is 1. The van der Waals surface area contributed by atoms with Crippen molar-refractivity contribution >= 4 is 81.0 Å². The standard InChI is InChI=1S/C18H19N3O4S.C15H16N2O2S2/c1-2-23-25-21-17(22)16(24-18(21)26)5-3-4-14-6-8-15(9-7-14)20-12-10-19-11-13-20;1-16-14(18)13(21-15(16)20)10-11-2-4-12(5-3-11)17-6-8-19-9-7-17/h2-9,19H,1,10-13H2;2-5,10H,6-9H2,1H3/b4-3+,16-5+;13-10+. The van der Waals surface area contributed by atoms with Gasteiger partial charge in [-0.2, -0.15) is 0 Å². The smallest absolute Gasteiger partial charge is 0.324 e. The number of carbonyl (C=O) groups excluding carboxylic acids is 2. The summed E-state index contributed by atoms with van der Waals surface area (Å²) in [6.45, 7) is 10.7. The highest BCUT2D eigenvalue weighted by Gasteiger charge is 2.36. The molecule has 47 heavy (non-hydrogen) atoms. The van der Waals surface area contributed by atoms with Crippen LogP contribution in [0.4, 0.5) is 11.4 Å². The fourth-order valence-electron chi connectivity index (χ4n) is 4.87. The van der Waals surface area contributed by atoms with Gasteiger partial charge in [-0.3, -0.25) is 14.5 Å². The highest BCUT2D eigenvalue weighted by molar-refractivity contribution is 8.26. The number of hydrogen-bond acceptors (Lipinski definition) is 12. The van der Waals surface area contributed by atoms with E-state index in [2.05, 4.69) is 55.8 Å². The largest absolute Gasteiger partial charge is 0.424 e. The van der Waals surface area contributed by atoms with Crippen LogP contribution in [0.2, 0.25) is 0 Å². The van der Waals surface area contributed by atoms with Crippen LogP contribution in [0.25, 0.3) is 12.2 Å². The van der Waals surface area contributed by atoms with Gasteiger partial charge in [-0.1, -0.05) is 72.0 Å². The summed E-state index contributed by atoms with van der Waals surface area (Å²) in [5, 5.41) is 3.93. The average molecular weight is 694 g/mol. The van der Waals surface area contributed by atoms with Crippen LogP contribution in [0.15, 0.2) is 84.2 Å². The molecule has 0 radical (unpaired) electrons. The molecule has 4 aliphatic rings. The van der Waals surface area contributed by atoms with Crippen molar-refractivity contribution in [2.45, 2.75) is 0 Å². The number of carbonyl (C=O) groups is 2. The summed E-state index contributed by atoms with van der Waals surface area (Å²) in [7, 11) is 1.71. The molecule has 11 nitrogen and oxygen atoms in total. The number of anilines is 2. The molecule has 2 aromatic rings. The number of amides is 2. The zero-order chi connectivity index (χ0) is 33.2. The molecule has 2 amide bonds. The maximum absolute atomic E-state index is 12.0. The quantitative estimate of drug-likeness (QED) is 0.139. The van der Waals surface area contributed by atoms with Crippen molar-refractivity contribution in [3.8, 4) is 0 Å². The summed E-state index contributed by atoms with van der Waals surface area (Å²) >= 11 is 11.4. The Bertz CT molecular complexity index is 1570. The van der Waals surface area contributed by atoms with Crippen molar-refractivity contribution in [1.29, 1.82) is 0 Å². The lowest BCUT2D eigenvalue weighted by molar-refractivity contribution is -0.352. The number of ether oxygens (including phenoxy) is 2. The van der Waals surface area contributed by atoms with E-state index in [0.717, 1.165) is 74.9 Å². The Morgan fingerprint density at radius 2 is 1.51 bits per heavy atom. The molecule has 2 aromatic carbocycles. The number of thioether (sulfide) groups is 1. The molecule has 0 aliphatic carbocycles. The van der Waals surface area contributed by atoms with E-state index in [4.69, 9.17) is 33.9 Å². The van der Waals surface area contributed by atoms with Crippen LogP contribution < -0.4 is 15.1 Å². The van der Waals surface area contributed by atoms with Crippen molar-refractivity contribution in [3.63, 3.8) is 0 Å². The summed E-state index contributed by atoms with van der Waals surface area (Å²) in [6, 6.07) is 16.5. The van der Waals surface area contributed by atoms with Crippen molar-refractivity contribution in [1.82, 2.24) is 15.3 Å². The molecular weight excluding hydrogens is 659 g/mol. The number of nitrogens with one attached hydrogen (secondary N) is 1. The molecule has 1 N–H and O–H groups in total. The number of likely N-dealkylation sites (N-methyl/N-ethyl adjacent to an activating group) is 1. The van der Waals surface area contributed by atoms with Crippen LogP contribution in [0, 0.1) is 0 Å². The lowest BCUT2D eigenvalue weighted by Gasteiger charge is -2.29. The van der Waals surface area contributed by atoms with Crippen molar-refractivity contribution < 1.29 is 28.9 Å². The predicted octanol–water partition coefficient (Wildman–Crippen LogP) is 4.50. The highest BCUT2D eigenvalue weighted by atomic mass is 32.2. The fourth-order valence-corrected chi connectivity index (χ4v) is 6.25. The first kappa shape index (κ1) is 34.3. The highest BCUT2D eigenvalue weighted by Crippen LogP contribution is 2.31. The topological polar surface area (TPSA) is 96.1 Å². The number of piperazine rings is 1. The minimum Gasteiger partial charge on any atom is -0.424 e. The Morgan fingerprint density at radius 3 is 2.11 bits per heavy atom. The molecule has 4 saturated heterocycles. The normalized spacial score (nSPS) is 20.3. The molecule has 246 valence electrons. The summed E-state index contributed by atoms with van der Waals surface area (Å²) in [6.07, 6.45) is 8.04. The number of allylic oxidation sites excluding steroid dienone is 2. The van der Waals surface area contributed by atoms with E-state index >= 15 is 0 Å². The minimum atomic E-state index is -0.546. The SMILES string of the molecule is C=COON1C(=O)/C(=C\C=C\c2ccc(N3CCNCC3)cc2)OC1=S.CN1C(=O)/C(=C\c2ccc(N3CCOCC3)cc2)SC1=S. The zero-order valence-corrected chi connectivity index (χ0v) is 28.3. The van der Waals surface area contributed by atoms with Crippen molar-refractivity contribution in [2.24, 2.45) is 0 Å². The molecule has 0 unspecified atom stereocenters. The summed E-state index contributed by atoms with van der Waals surface area (Å²) in [5.41, 5.74) is 4.42. The van der Waals surface area contributed by atoms with Gasteiger partial charge >= 0.3 is 11.1 Å². The maximum atomic E-state index is 12.0. The molecule has 0 atom stereocenters. The number of thiocarbonyl (C=S) groups is 2. The molecule has 0 spiro atoms. The van der Waals surface area contributed by atoms with E-state index < -0.39 is 5.91 Å². The first-order valence-corrected chi connectivity index (χ1v) is 16.6. The van der Waals surface area contributed by atoms with Gasteiger partial charge in [-0.25, -0.2) is 0 Å². The Balaban J connectivity index is 0.000000189. The third-order valence-electron chi connectivity index (χ3n) is 7.41. The van der Waals surface area contributed by atoms with Gasteiger partial charge in [0.05, 0.1) is 18.1 Å². The minimum absolute atomic E-state index is 0.0257. The van der Waals surface area contributed by atoms with Crippen molar-refractivity contribution in [3.05, 3.63) is 95.3 Å². The van der Waals surface area contributed by atoms with Crippen LogP contribution in [0.3, 0.4) is 0 Å². The van der Waals surface area contributed by atoms with Crippen LogP contribution in [-0.4, -0.2) is 90.8 Å². The predicted molar refractivity (Wildman–Crippen MR) is 192 cm³/mol. The molecule has 4 aliphatic heterocycles. The van der Waals surface area contributed by atoms with Crippen LogP contribution in [-0.2, 0) is 28.9 Å². The van der Waals surface area contributed by atoms with Crippen LogP contribution in [0.5, 0.6) is 0 Å².